The van der Waals surface area contributed by atoms with Gasteiger partial charge in [0.05, 0.1) is 16.9 Å². The molecule has 1 amide bonds. The number of carboxylic acid groups (broad SMARTS) is 1. The van der Waals surface area contributed by atoms with Gasteiger partial charge in [-0.25, -0.2) is 8.42 Å². The third kappa shape index (κ3) is 5.29. The number of hydrogen-bond donors (Lipinski definition) is 2. The van der Waals surface area contributed by atoms with Crippen molar-refractivity contribution >= 4 is 21.9 Å². The second-order valence-electron chi connectivity index (χ2n) is 6.58. The summed E-state index contributed by atoms with van der Waals surface area (Å²) in [7, 11) is -3.69. The topological polar surface area (TPSA) is 104 Å². The zero-order valence-electron chi connectivity index (χ0n) is 16.7. The standard InChI is InChI=1S/C19H30N2O5S/c1-6-19(7-2,13-17(22)23)20-18(24)16-12-15(11-10-14(16)5)27(25,26)21(8-3)9-4/h10-12H,6-9,13H2,1-5H3,(H,20,24)(H,22,23). The van der Waals surface area contributed by atoms with Gasteiger partial charge in [-0.2, -0.15) is 4.31 Å². The number of sulfonamides is 1. The molecule has 0 spiro atoms. The fourth-order valence-corrected chi connectivity index (χ4v) is 4.52. The molecule has 2 N–H and O–H groups in total. The van der Waals surface area contributed by atoms with Crippen molar-refractivity contribution in [2.45, 2.75) is 64.3 Å². The van der Waals surface area contributed by atoms with Gasteiger partial charge in [0.1, 0.15) is 0 Å². The number of aliphatic carboxylic acids is 1. The Morgan fingerprint density at radius 3 is 2.11 bits per heavy atom. The van der Waals surface area contributed by atoms with Gasteiger partial charge in [-0.05, 0) is 37.5 Å². The van der Waals surface area contributed by atoms with Crippen LogP contribution in [0.5, 0.6) is 0 Å². The van der Waals surface area contributed by atoms with Gasteiger partial charge >= 0.3 is 5.97 Å². The van der Waals surface area contributed by atoms with E-state index in [1.807, 2.05) is 13.8 Å². The molecule has 0 bridgehead atoms. The van der Waals surface area contributed by atoms with Crippen molar-refractivity contribution in [1.29, 1.82) is 0 Å². The minimum absolute atomic E-state index is 0.0544. The van der Waals surface area contributed by atoms with Crippen LogP contribution in [0, 0.1) is 6.92 Å². The summed E-state index contributed by atoms with van der Waals surface area (Å²) >= 11 is 0. The first-order chi connectivity index (χ1) is 12.6. The molecule has 27 heavy (non-hydrogen) atoms. The van der Waals surface area contributed by atoms with E-state index >= 15 is 0 Å². The summed E-state index contributed by atoms with van der Waals surface area (Å²) in [6, 6.07) is 4.46. The molecule has 7 nitrogen and oxygen atoms in total. The van der Waals surface area contributed by atoms with Gasteiger partial charge in [0.2, 0.25) is 10.0 Å². The van der Waals surface area contributed by atoms with E-state index in [-0.39, 0.29) is 16.9 Å². The third-order valence-electron chi connectivity index (χ3n) is 5.02. The van der Waals surface area contributed by atoms with Crippen LogP contribution in [0.2, 0.25) is 0 Å². The molecule has 0 saturated heterocycles. The van der Waals surface area contributed by atoms with E-state index in [1.165, 1.54) is 16.4 Å². The van der Waals surface area contributed by atoms with Gasteiger partial charge in [0.25, 0.3) is 5.91 Å². The van der Waals surface area contributed by atoms with Gasteiger partial charge in [-0.1, -0.05) is 33.8 Å². The summed E-state index contributed by atoms with van der Waals surface area (Å²) in [6.07, 6.45) is 0.721. The van der Waals surface area contributed by atoms with E-state index in [0.29, 0.717) is 31.5 Å². The summed E-state index contributed by atoms with van der Waals surface area (Å²) in [6.45, 7) is 9.54. The summed E-state index contributed by atoms with van der Waals surface area (Å²) in [5.74, 6) is -1.46. The number of rotatable bonds is 10. The predicted molar refractivity (Wildman–Crippen MR) is 104 cm³/mol. The van der Waals surface area contributed by atoms with Crippen LogP contribution in [0.4, 0.5) is 0 Å². The van der Waals surface area contributed by atoms with Crippen molar-refractivity contribution < 1.29 is 23.1 Å². The van der Waals surface area contributed by atoms with Crippen molar-refractivity contribution in [3.63, 3.8) is 0 Å². The molecule has 0 fully saturated rings. The Labute approximate surface area is 161 Å². The van der Waals surface area contributed by atoms with Crippen LogP contribution in [0.15, 0.2) is 23.1 Å². The van der Waals surface area contributed by atoms with Crippen LogP contribution in [0.3, 0.4) is 0 Å². The first kappa shape index (κ1) is 23.1. The van der Waals surface area contributed by atoms with Crippen LogP contribution >= 0.6 is 0 Å². The van der Waals surface area contributed by atoms with E-state index in [9.17, 15) is 23.1 Å². The van der Waals surface area contributed by atoms with Gasteiger partial charge < -0.3 is 10.4 Å². The zero-order valence-corrected chi connectivity index (χ0v) is 17.5. The third-order valence-corrected chi connectivity index (χ3v) is 7.06. The first-order valence-corrected chi connectivity index (χ1v) is 10.7. The maximum atomic E-state index is 12.9. The average molecular weight is 399 g/mol. The molecular weight excluding hydrogens is 368 g/mol. The molecule has 1 aromatic carbocycles. The molecule has 0 saturated carbocycles. The molecule has 0 aliphatic rings. The molecule has 1 aromatic rings. The Morgan fingerprint density at radius 2 is 1.67 bits per heavy atom. The summed E-state index contributed by atoms with van der Waals surface area (Å²) < 4.78 is 26.8. The van der Waals surface area contributed by atoms with E-state index in [0.717, 1.165) is 0 Å². The number of amides is 1. The van der Waals surface area contributed by atoms with Crippen molar-refractivity contribution in [2.75, 3.05) is 13.1 Å². The molecule has 0 aliphatic heterocycles. The van der Waals surface area contributed by atoms with Gasteiger partial charge in [-0.15, -0.1) is 0 Å². The van der Waals surface area contributed by atoms with Crippen LogP contribution < -0.4 is 5.32 Å². The van der Waals surface area contributed by atoms with Crippen LogP contribution in [0.25, 0.3) is 0 Å². The molecule has 0 atom stereocenters. The molecule has 152 valence electrons. The highest BCUT2D eigenvalue weighted by atomic mass is 32.2. The van der Waals surface area contributed by atoms with Gasteiger partial charge in [-0.3, -0.25) is 9.59 Å². The maximum Gasteiger partial charge on any atom is 0.305 e. The smallest absolute Gasteiger partial charge is 0.305 e. The highest BCUT2D eigenvalue weighted by molar-refractivity contribution is 7.89. The lowest BCUT2D eigenvalue weighted by Gasteiger charge is -2.31. The lowest BCUT2D eigenvalue weighted by Crippen LogP contribution is -2.49. The van der Waals surface area contributed by atoms with Crippen molar-refractivity contribution in [2.24, 2.45) is 0 Å². The quantitative estimate of drug-likeness (QED) is 0.631. The lowest BCUT2D eigenvalue weighted by molar-refractivity contribution is -0.138. The normalized spacial score (nSPS) is 12.2. The molecule has 0 unspecified atom stereocenters. The number of hydrogen-bond acceptors (Lipinski definition) is 4. The molecule has 0 aliphatic carbocycles. The number of aryl methyl sites for hydroxylation is 1. The molecule has 0 radical (unpaired) electrons. The Hall–Kier alpha value is -1.93. The van der Waals surface area contributed by atoms with E-state index in [4.69, 9.17) is 0 Å². The van der Waals surface area contributed by atoms with Crippen molar-refractivity contribution in [3.05, 3.63) is 29.3 Å². The zero-order chi connectivity index (χ0) is 20.8. The number of carbonyl (C=O) groups excluding carboxylic acids is 1. The maximum absolute atomic E-state index is 12.9. The van der Waals surface area contributed by atoms with E-state index in [1.54, 1.807) is 26.8 Å². The molecule has 8 heteroatoms. The first-order valence-electron chi connectivity index (χ1n) is 9.22. The summed E-state index contributed by atoms with van der Waals surface area (Å²) in [5, 5.41) is 12.0. The monoisotopic (exact) mass is 398 g/mol. The fraction of sp³-hybridized carbons (Fsp3) is 0.579. The minimum atomic E-state index is -3.69. The van der Waals surface area contributed by atoms with Crippen molar-refractivity contribution in [3.8, 4) is 0 Å². The SMILES string of the molecule is CCN(CC)S(=O)(=O)c1ccc(C)c(C(=O)NC(CC)(CC)CC(=O)O)c1. The number of carboxylic acids is 1. The average Bonchev–Trinajstić information content (AvgIpc) is 2.61. The van der Waals surface area contributed by atoms with Gasteiger partial charge in [0, 0.05) is 18.7 Å². The fourth-order valence-electron chi connectivity index (χ4n) is 3.04. The summed E-state index contributed by atoms with van der Waals surface area (Å²) in [4.78, 5) is 24.1. The van der Waals surface area contributed by atoms with Crippen LogP contribution in [0.1, 0.15) is 62.9 Å². The second kappa shape index (κ2) is 9.32. The Morgan fingerprint density at radius 1 is 1.11 bits per heavy atom. The Kier molecular flexibility index (Phi) is 7.98. The largest absolute Gasteiger partial charge is 0.481 e. The van der Waals surface area contributed by atoms with Crippen LogP contribution in [-0.2, 0) is 14.8 Å². The Bertz CT molecular complexity index is 781. The Balaban J connectivity index is 3.30. The van der Waals surface area contributed by atoms with Gasteiger partial charge in [0.15, 0.2) is 0 Å². The number of nitrogens with one attached hydrogen (secondary N) is 1. The van der Waals surface area contributed by atoms with E-state index in [2.05, 4.69) is 5.32 Å². The molecule has 0 heterocycles. The second-order valence-corrected chi connectivity index (χ2v) is 8.52. The molecule has 0 aromatic heterocycles. The number of carbonyl (C=O) groups is 2. The number of benzene rings is 1. The van der Waals surface area contributed by atoms with E-state index < -0.39 is 27.4 Å². The lowest BCUT2D eigenvalue weighted by atomic mass is 9.88. The highest BCUT2D eigenvalue weighted by Crippen LogP contribution is 2.23. The number of nitrogens with zero attached hydrogens (tertiary/aromatic N) is 1. The van der Waals surface area contributed by atoms with Crippen LogP contribution in [-0.4, -0.2) is 48.3 Å². The predicted octanol–water partition coefficient (Wildman–Crippen LogP) is 2.79. The molecule has 1 rings (SSSR count). The van der Waals surface area contributed by atoms with Crippen molar-refractivity contribution in [1.82, 2.24) is 9.62 Å². The minimum Gasteiger partial charge on any atom is -0.481 e. The summed E-state index contributed by atoms with van der Waals surface area (Å²) in [5.41, 5.74) is -0.00865. The highest BCUT2D eigenvalue weighted by Gasteiger charge is 2.32. The molecular formula is C19H30N2O5S.